The standard InChI is InChI=1S/C11H15BrClFN2/c12-9-3-4-11(14)8(6-9)7-10(16-15)2-1-5-13/h3-4,6,10,16H,1-2,5,7,15H2. The number of nitrogens with one attached hydrogen (secondary N) is 1. The first-order chi connectivity index (χ1) is 7.67. The summed E-state index contributed by atoms with van der Waals surface area (Å²) in [5.74, 6) is 5.82. The fraction of sp³-hybridized carbons (Fsp3) is 0.455. The van der Waals surface area contributed by atoms with Gasteiger partial charge in [0.15, 0.2) is 0 Å². The van der Waals surface area contributed by atoms with E-state index < -0.39 is 0 Å². The van der Waals surface area contributed by atoms with E-state index in [0.29, 0.717) is 17.9 Å². The van der Waals surface area contributed by atoms with Gasteiger partial charge in [0, 0.05) is 16.4 Å². The largest absolute Gasteiger partial charge is 0.271 e. The first-order valence-electron chi connectivity index (χ1n) is 5.13. The highest BCUT2D eigenvalue weighted by Crippen LogP contribution is 2.18. The summed E-state index contributed by atoms with van der Waals surface area (Å²) in [6, 6.07) is 4.97. The second-order valence-corrected chi connectivity index (χ2v) is 4.93. The van der Waals surface area contributed by atoms with Crippen molar-refractivity contribution in [3.8, 4) is 0 Å². The summed E-state index contributed by atoms with van der Waals surface area (Å²) >= 11 is 8.93. The smallest absolute Gasteiger partial charge is 0.126 e. The highest BCUT2D eigenvalue weighted by molar-refractivity contribution is 9.10. The van der Waals surface area contributed by atoms with Crippen LogP contribution in [0.4, 0.5) is 4.39 Å². The van der Waals surface area contributed by atoms with Crippen LogP contribution in [-0.2, 0) is 6.42 Å². The molecule has 0 heterocycles. The quantitative estimate of drug-likeness (QED) is 0.482. The molecule has 1 rings (SSSR count). The van der Waals surface area contributed by atoms with Gasteiger partial charge in [-0.25, -0.2) is 4.39 Å². The third-order valence-corrected chi connectivity index (χ3v) is 3.16. The van der Waals surface area contributed by atoms with Crippen molar-refractivity contribution < 1.29 is 4.39 Å². The fourth-order valence-electron chi connectivity index (χ4n) is 1.53. The molecule has 90 valence electrons. The lowest BCUT2D eigenvalue weighted by Crippen LogP contribution is -2.37. The maximum atomic E-state index is 13.5. The van der Waals surface area contributed by atoms with Crippen molar-refractivity contribution in [2.24, 2.45) is 5.84 Å². The molecule has 1 aromatic carbocycles. The lowest BCUT2D eigenvalue weighted by molar-refractivity contribution is 0.476. The minimum Gasteiger partial charge on any atom is -0.271 e. The zero-order valence-electron chi connectivity index (χ0n) is 8.85. The Hall–Kier alpha value is -0.160. The molecule has 0 radical (unpaired) electrons. The molecule has 1 aromatic rings. The molecule has 0 fully saturated rings. The van der Waals surface area contributed by atoms with E-state index in [4.69, 9.17) is 17.4 Å². The molecule has 3 N–H and O–H groups in total. The molecule has 0 bridgehead atoms. The highest BCUT2D eigenvalue weighted by atomic mass is 79.9. The lowest BCUT2D eigenvalue weighted by Gasteiger charge is -2.15. The number of alkyl halides is 1. The number of rotatable bonds is 6. The summed E-state index contributed by atoms with van der Waals surface area (Å²) < 4.78 is 14.3. The molecule has 0 saturated heterocycles. The summed E-state index contributed by atoms with van der Waals surface area (Å²) in [5, 5.41) is 0. The van der Waals surface area contributed by atoms with Crippen LogP contribution in [0.3, 0.4) is 0 Å². The topological polar surface area (TPSA) is 38.0 Å². The number of hydrogen-bond donors (Lipinski definition) is 2. The van der Waals surface area contributed by atoms with Gasteiger partial charge >= 0.3 is 0 Å². The van der Waals surface area contributed by atoms with Gasteiger partial charge in [0.2, 0.25) is 0 Å². The molecule has 0 amide bonds. The molecule has 2 nitrogen and oxygen atoms in total. The summed E-state index contributed by atoms with van der Waals surface area (Å²) in [6.07, 6.45) is 2.27. The molecule has 16 heavy (non-hydrogen) atoms. The molecule has 0 aliphatic heterocycles. The van der Waals surface area contributed by atoms with Gasteiger partial charge in [-0.1, -0.05) is 15.9 Å². The average Bonchev–Trinajstić information content (AvgIpc) is 2.28. The molecule has 0 aliphatic carbocycles. The van der Waals surface area contributed by atoms with Crippen LogP contribution in [0.25, 0.3) is 0 Å². The van der Waals surface area contributed by atoms with Gasteiger partial charge in [0.05, 0.1) is 0 Å². The summed E-state index contributed by atoms with van der Waals surface area (Å²) in [5.41, 5.74) is 3.35. The molecular formula is C11H15BrClFN2. The van der Waals surface area contributed by atoms with Gasteiger partial charge in [-0.05, 0) is 43.0 Å². The van der Waals surface area contributed by atoms with Crippen molar-refractivity contribution in [2.45, 2.75) is 25.3 Å². The number of halogens is 3. The molecular weight excluding hydrogens is 294 g/mol. The van der Waals surface area contributed by atoms with Crippen LogP contribution in [0.2, 0.25) is 0 Å². The second kappa shape index (κ2) is 7.22. The molecule has 0 aromatic heterocycles. The van der Waals surface area contributed by atoms with Crippen molar-refractivity contribution in [2.75, 3.05) is 5.88 Å². The highest BCUT2D eigenvalue weighted by Gasteiger charge is 2.11. The van der Waals surface area contributed by atoms with Crippen molar-refractivity contribution in [3.05, 3.63) is 34.1 Å². The Morgan fingerprint density at radius 3 is 2.88 bits per heavy atom. The number of hydrazine groups is 1. The molecule has 0 aliphatic rings. The summed E-state index contributed by atoms with van der Waals surface area (Å²) in [4.78, 5) is 0. The van der Waals surface area contributed by atoms with E-state index in [-0.39, 0.29) is 11.9 Å². The Balaban J connectivity index is 2.65. The fourth-order valence-corrected chi connectivity index (χ4v) is 2.10. The SMILES string of the molecule is NNC(CCCCl)Cc1cc(Br)ccc1F. The Morgan fingerprint density at radius 1 is 1.50 bits per heavy atom. The summed E-state index contributed by atoms with van der Waals surface area (Å²) in [6.45, 7) is 0. The van der Waals surface area contributed by atoms with Crippen LogP contribution in [0.5, 0.6) is 0 Å². The van der Waals surface area contributed by atoms with Crippen LogP contribution >= 0.6 is 27.5 Å². The number of hydrogen-bond acceptors (Lipinski definition) is 2. The van der Waals surface area contributed by atoms with Crippen LogP contribution in [0.1, 0.15) is 18.4 Å². The Morgan fingerprint density at radius 2 is 2.25 bits per heavy atom. The van der Waals surface area contributed by atoms with E-state index in [9.17, 15) is 4.39 Å². The predicted molar refractivity (Wildman–Crippen MR) is 68.9 cm³/mol. The van der Waals surface area contributed by atoms with E-state index in [1.54, 1.807) is 12.1 Å². The van der Waals surface area contributed by atoms with Crippen molar-refractivity contribution in [1.29, 1.82) is 0 Å². The maximum absolute atomic E-state index is 13.5. The number of benzene rings is 1. The van der Waals surface area contributed by atoms with Gasteiger partial charge in [0.1, 0.15) is 5.82 Å². The van der Waals surface area contributed by atoms with Gasteiger partial charge < -0.3 is 0 Å². The van der Waals surface area contributed by atoms with Gasteiger partial charge in [-0.3, -0.25) is 11.3 Å². The third-order valence-electron chi connectivity index (χ3n) is 2.40. The normalized spacial score (nSPS) is 12.8. The van der Waals surface area contributed by atoms with E-state index in [1.807, 2.05) is 0 Å². The van der Waals surface area contributed by atoms with Crippen LogP contribution in [0.15, 0.2) is 22.7 Å². The van der Waals surface area contributed by atoms with Crippen molar-refractivity contribution in [1.82, 2.24) is 5.43 Å². The van der Waals surface area contributed by atoms with E-state index >= 15 is 0 Å². The third kappa shape index (κ3) is 4.37. The van der Waals surface area contributed by atoms with Gasteiger partial charge in [0.25, 0.3) is 0 Å². The van der Waals surface area contributed by atoms with Crippen molar-refractivity contribution in [3.63, 3.8) is 0 Å². The zero-order chi connectivity index (χ0) is 12.0. The second-order valence-electron chi connectivity index (χ2n) is 3.63. The van der Waals surface area contributed by atoms with Crippen LogP contribution < -0.4 is 11.3 Å². The predicted octanol–water partition coefficient (Wildman–Crippen LogP) is 2.98. The number of nitrogens with two attached hydrogens (primary N) is 1. The first-order valence-corrected chi connectivity index (χ1v) is 6.46. The zero-order valence-corrected chi connectivity index (χ0v) is 11.2. The molecule has 1 atom stereocenters. The molecule has 5 heteroatoms. The monoisotopic (exact) mass is 308 g/mol. The van der Waals surface area contributed by atoms with Crippen molar-refractivity contribution >= 4 is 27.5 Å². The van der Waals surface area contributed by atoms with E-state index in [0.717, 1.165) is 17.3 Å². The van der Waals surface area contributed by atoms with E-state index in [2.05, 4.69) is 21.4 Å². The maximum Gasteiger partial charge on any atom is 0.126 e. The minimum atomic E-state index is -0.200. The first kappa shape index (κ1) is 13.9. The molecule has 1 unspecified atom stereocenters. The van der Waals surface area contributed by atoms with Crippen LogP contribution in [-0.4, -0.2) is 11.9 Å². The Kier molecular flexibility index (Phi) is 6.28. The summed E-state index contributed by atoms with van der Waals surface area (Å²) in [7, 11) is 0. The minimum absolute atomic E-state index is 0.0579. The van der Waals surface area contributed by atoms with E-state index in [1.165, 1.54) is 6.07 Å². The molecule has 0 saturated carbocycles. The van der Waals surface area contributed by atoms with Gasteiger partial charge in [-0.2, -0.15) is 0 Å². The van der Waals surface area contributed by atoms with Crippen LogP contribution in [0, 0.1) is 5.82 Å². The Labute approximate surface area is 108 Å². The lowest BCUT2D eigenvalue weighted by atomic mass is 10.0. The molecule has 0 spiro atoms. The average molecular weight is 310 g/mol. The Bertz CT molecular complexity index is 336. The van der Waals surface area contributed by atoms with Gasteiger partial charge in [-0.15, -0.1) is 11.6 Å².